The summed E-state index contributed by atoms with van der Waals surface area (Å²) in [5.41, 5.74) is -0.245. The summed E-state index contributed by atoms with van der Waals surface area (Å²) in [6, 6.07) is 6.27. The number of carbonyl (C=O) groups excluding carboxylic acids is 4. The number of halogens is 1. The summed E-state index contributed by atoms with van der Waals surface area (Å²) in [5.74, 6) is -1.26. The molecule has 0 spiro atoms. The van der Waals surface area contributed by atoms with Crippen LogP contribution in [-0.4, -0.2) is 42.6 Å². The molecule has 0 radical (unpaired) electrons. The Hall–Kier alpha value is -2.61. The van der Waals surface area contributed by atoms with Gasteiger partial charge in [-0.05, 0) is 30.4 Å². The van der Waals surface area contributed by atoms with Gasteiger partial charge in [0, 0.05) is 31.8 Å². The van der Waals surface area contributed by atoms with Crippen LogP contribution in [0.5, 0.6) is 0 Å². The summed E-state index contributed by atoms with van der Waals surface area (Å²) >= 11 is 6.38. The van der Waals surface area contributed by atoms with Crippen LogP contribution in [0.4, 0.5) is 4.79 Å². The molecule has 1 aliphatic rings. The van der Waals surface area contributed by atoms with Gasteiger partial charge in [0.05, 0.1) is 5.41 Å². The molecule has 2 rings (SSSR count). The molecule has 1 aliphatic carbocycles. The van der Waals surface area contributed by atoms with Crippen molar-refractivity contribution in [2.75, 3.05) is 6.54 Å². The van der Waals surface area contributed by atoms with Crippen molar-refractivity contribution in [1.29, 1.82) is 0 Å². The van der Waals surface area contributed by atoms with Crippen LogP contribution in [0.3, 0.4) is 0 Å². The van der Waals surface area contributed by atoms with Gasteiger partial charge in [0.1, 0.15) is 11.8 Å². The number of carbonyl (C=O) groups is 4. The Morgan fingerprint density at radius 2 is 1.81 bits per heavy atom. The maximum Gasteiger partial charge on any atom is 0.410 e. The fraction of sp³-hybridized carbons (Fsp3) is 0.565. The first kappa shape index (κ1) is 25.6. The fourth-order valence-corrected chi connectivity index (χ4v) is 4.22. The van der Waals surface area contributed by atoms with Crippen molar-refractivity contribution in [3.05, 3.63) is 34.9 Å². The number of ketones is 1. The molecule has 1 aromatic rings. The van der Waals surface area contributed by atoms with Crippen LogP contribution in [-0.2, 0) is 29.3 Å². The molecule has 9 heteroatoms. The lowest BCUT2D eigenvalue weighted by molar-refractivity contribution is -0.169. The van der Waals surface area contributed by atoms with Gasteiger partial charge in [-0.1, -0.05) is 50.1 Å². The fourth-order valence-electron chi connectivity index (χ4n) is 3.90. The Balaban J connectivity index is 2.02. The van der Waals surface area contributed by atoms with Crippen molar-refractivity contribution >= 4 is 35.4 Å². The summed E-state index contributed by atoms with van der Waals surface area (Å²) < 4.78 is 10.3. The minimum atomic E-state index is -1.18. The summed E-state index contributed by atoms with van der Waals surface area (Å²) in [7, 11) is 0. The number of hydrogen-bond acceptors (Lipinski definition) is 6. The van der Waals surface area contributed by atoms with Crippen LogP contribution < -0.4 is 10.6 Å². The number of amides is 2. The maximum absolute atomic E-state index is 12.9. The lowest BCUT2D eigenvalue weighted by atomic mass is 9.68. The second-order valence-corrected chi connectivity index (χ2v) is 8.79. The highest BCUT2D eigenvalue weighted by Gasteiger charge is 2.43. The standard InChI is InChI=1S/C23H31ClN2O6/c1-14(2)20(26-15(3)27)21(29)31-16(4)32-22(30)25-13-23(12-8-7-11-19(23)28)17-9-5-6-10-18(17)24/h5-6,9-10,14,16,20H,7-8,11-13H2,1-4H3,(H,25,30)(H,26,27)/t16-,20+,23+/m1/s1. The number of hydrogen-bond donors (Lipinski definition) is 2. The van der Waals surface area contributed by atoms with E-state index in [-0.39, 0.29) is 24.2 Å². The molecule has 3 atom stereocenters. The van der Waals surface area contributed by atoms with E-state index in [0.717, 1.165) is 12.8 Å². The number of nitrogens with one attached hydrogen (secondary N) is 2. The largest absolute Gasteiger partial charge is 0.424 e. The van der Waals surface area contributed by atoms with E-state index in [9.17, 15) is 19.2 Å². The maximum atomic E-state index is 12.9. The van der Waals surface area contributed by atoms with Crippen LogP contribution in [0, 0.1) is 5.92 Å². The first-order valence-electron chi connectivity index (χ1n) is 10.8. The molecule has 1 saturated carbocycles. The number of rotatable bonds is 8. The molecular formula is C23H31ClN2O6. The molecule has 1 fully saturated rings. The molecule has 32 heavy (non-hydrogen) atoms. The number of Topliss-reactive ketones (excluding diaryl/α,β-unsaturated/α-hetero) is 1. The Morgan fingerprint density at radius 1 is 1.12 bits per heavy atom. The summed E-state index contributed by atoms with van der Waals surface area (Å²) in [6.45, 7) is 6.25. The van der Waals surface area contributed by atoms with Crippen LogP contribution in [0.15, 0.2) is 24.3 Å². The van der Waals surface area contributed by atoms with Crippen molar-refractivity contribution in [3.63, 3.8) is 0 Å². The Kier molecular flexibility index (Phi) is 9.07. The number of alkyl carbamates (subject to hydrolysis) is 1. The zero-order chi connectivity index (χ0) is 23.9. The third-order valence-electron chi connectivity index (χ3n) is 5.55. The summed E-state index contributed by atoms with van der Waals surface area (Å²) in [5, 5.41) is 5.63. The minimum Gasteiger partial charge on any atom is -0.424 e. The van der Waals surface area contributed by atoms with Gasteiger partial charge >= 0.3 is 12.1 Å². The quantitative estimate of drug-likeness (QED) is 0.448. The predicted molar refractivity (Wildman–Crippen MR) is 119 cm³/mol. The van der Waals surface area contributed by atoms with E-state index in [2.05, 4.69) is 10.6 Å². The van der Waals surface area contributed by atoms with Gasteiger partial charge in [-0.2, -0.15) is 0 Å². The predicted octanol–water partition coefficient (Wildman–Crippen LogP) is 3.50. The summed E-state index contributed by atoms with van der Waals surface area (Å²) in [6.07, 6.45) is 0.601. The smallest absolute Gasteiger partial charge is 0.410 e. The van der Waals surface area contributed by atoms with E-state index in [1.165, 1.54) is 13.8 Å². The third kappa shape index (κ3) is 6.45. The highest BCUT2D eigenvalue weighted by atomic mass is 35.5. The van der Waals surface area contributed by atoms with Gasteiger partial charge in [-0.3, -0.25) is 9.59 Å². The molecule has 0 unspecified atom stereocenters. The van der Waals surface area contributed by atoms with Crippen molar-refractivity contribution in [1.82, 2.24) is 10.6 Å². The van der Waals surface area contributed by atoms with Crippen molar-refractivity contribution < 1.29 is 28.7 Å². The second kappa shape index (κ2) is 11.3. The van der Waals surface area contributed by atoms with Crippen LogP contribution in [0.2, 0.25) is 5.02 Å². The van der Waals surface area contributed by atoms with Crippen LogP contribution in [0.25, 0.3) is 0 Å². The molecule has 176 valence electrons. The molecular weight excluding hydrogens is 436 g/mol. The second-order valence-electron chi connectivity index (χ2n) is 8.38. The van der Waals surface area contributed by atoms with Crippen molar-refractivity contribution in [2.45, 2.75) is 71.1 Å². The number of esters is 1. The normalized spacial score (nSPS) is 20.2. The lowest BCUT2D eigenvalue weighted by Crippen LogP contribution is -2.49. The Morgan fingerprint density at radius 3 is 2.41 bits per heavy atom. The molecule has 0 heterocycles. The van der Waals surface area contributed by atoms with E-state index in [0.29, 0.717) is 23.4 Å². The highest BCUT2D eigenvalue weighted by Crippen LogP contribution is 2.39. The van der Waals surface area contributed by atoms with E-state index >= 15 is 0 Å². The number of benzene rings is 1. The lowest BCUT2D eigenvalue weighted by Gasteiger charge is -2.37. The zero-order valence-electron chi connectivity index (χ0n) is 18.9. The van der Waals surface area contributed by atoms with Gasteiger partial charge in [-0.15, -0.1) is 0 Å². The average molecular weight is 467 g/mol. The van der Waals surface area contributed by atoms with E-state index < -0.39 is 29.8 Å². The van der Waals surface area contributed by atoms with Crippen molar-refractivity contribution in [2.24, 2.45) is 5.92 Å². The van der Waals surface area contributed by atoms with E-state index in [1.54, 1.807) is 32.0 Å². The van der Waals surface area contributed by atoms with Crippen LogP contribution >= 0.6 is 11.6 Å². The monoisotopic (exact) mass is 466 g/mol. The zero-order valence-corrected chi connectivity index (χ0v) is 19.7. The van der Waals surface area contributed by atoms with E-state index in [1.807, 2.05) is 6.07 Å². The van der Waals surface area contributed by atoms with Gasteiger partial charge in [0.2, 0.25) is 12.2 Å². The average Bonchev–Trinajstić information content (AvgIpc) is 2.71. The topological polar surface area (TPSA) is 111 Å². The SMILES string of the molecule is CC(=O)N[C@H](C(=O)O[C@@H](C)OC(=O)NC[C@]1(c2ccccc2Cl)CCCCC1=O)C(C)C. The van der Waals surface area contributed by atoms with Gasteiger partial charge in [0.25, 0.3) is 0 Å². The van der Waals surface area contributed by atoms with E-state index in [4.69, 9.17) is 21.1 Å². The first-order chi connectivity index (χ1) is 15.1. The molecule has 0 saturated heterocycles. The Labute approximate surface area is 193 Å². The highest BCUT2D eigenvalue weighted by molar-refractivity contribution is 6.31. The molecule has 2 N–H and O–H groups in total. The van der Waals surface area contributed by atoms with Crippen molar-refractivity contribution in [3.8, 4) is 0 Å². The molecule has 0 aromatic heterocycles. The molecule has 1 aromatic carbocycles. The third-order valence-corrected chi connectivity index (χ3v) is 5.88. The van der Waals surface area contributed by atoms with Gasteiger partial charge in [-0.25, -0.2) is 9.59 Å². The molecule has 8 nitrogen and oxygen atoms in total. The molecule has 2 amide bonds. The first-order valence-corrected chi connectivity index (χ1v) is 11.1. The van der Waals surface area contributed by atoms with Gasteiger partial charge < -0.3 is 20.1 Å². The molecule has 0 aliphatic heterocycles. The van der Waals surface area contributed by atoms with Crippen LogP contribution in [0.1, 0.15) is 58.9 Å². The van der Waals surface area contributed by atoms with Gasteiger partial charge in [0.15, 0.2) is 0 Å². The minimum absolute atomic E-state index is 0.0201. The molecule has 0 bridgehead atoms. The number of ether oxygens (including phenoxy) is 2. The Bertz CT molecular complexity index is 859. The summed E-state index contributed by atoms with van der Waals surface area (Å²) in [4.78, 5) is 48.9.